The molecule has 8 nitrogen and oxygen atoms in total. The molecule has 1 atom stereocenters. The topological polar surface area (TPSA) is 95.1 Å². The molecule has 1 saturated heterocycles. The number of nitrogens with zero attached hydrogens (tertiary/aromatic N) is 2. The summed E-state index contributed by atoms with van der Waals surface area (Å²) in [5.41, 5.74) is 4.65. The van der Waals surface area contributed by atoms with Crippen LogP contribution in [-0.2, 0) is 9.59 Å². The van der Waals surface area contributed by atoms with Crippen molar-refractivity contribution in [2.75, 3.05) is 5.32 Å². The first-order chi connectivity index (χ1) is 14.0. The second-order valence-electron chi connectivity index (χ2n) is 6.96. The molecule has 29 heavy (non-hydrogen) atoms. The average molecular weight is 391 g/mol. The van der Waals surface area contributed by atoms with Gasteiger partial charge in [-0.2, -0.15) is 4.99 Å². The number of hydrazine groups is 1. The van der Waals surface area contributed by atoms with Gasteiger partial charge in [-0.25, -0.2) is 5.01 Å². The number of carbonyl (C=O) groups excluding carboxylic acids is 2. The molecule has 2 heterocycles. The maximum Gasteiger partial charge on any atom is 0.249 e. The molecular formula is C21H21N5O3. The first-order valence-electron chi connectivity index (χ1n) is 9.25. The maximum absolute atomic E-state index is 12.8. The zero-order valence-electron chi connectivity index (χ0n) is 16.1. The Kier molecular flexibility index (Phi) is 4.90. The van der Waals surface area contributed by atoms with Crippen molar-refractivity contribution in [3.8, 4) is 11.5 Å². The van der Waals surface area contributed by atoms with Gasteiger partial charge in [-0.15, -0.1) is 0 Å². The summed E-state index contributed by atoms with van der Waals surface area (Å²) >= 11 is 0. The van der Waals surface area contributed by atoms with Crippen LogP contribution in [0.5, 0.6) is 11.5 Å². The van der Waals surface area contributed by atoms with Gasteiger partial charge in [-0.05, 0) is 55.8 Å². The number of benzene rings is 2. The van der Waals surface area contributed by atoms with Crippen molar-refractivity contribution in [2.24, 2.45) is 4.99 Å². The molecule has 0 saturated carbocycles. The highest BCUT2D eigenvalue weighted by atomic mass is 16.5. The van der Waals surface area contributed by atoms with Gasteiger partial charge < -0.3 is 10.1 Å². The van der Waals surface area contributed by atoms with Gasteiger partial charge in [0.1, 0.15) is 23.4 Å². The van der Waals surface area contributed by atoms with Gasteiger partial charge in [0.05, 0.1) is 6.42 Å². The third-order valence-corrected chi connectivity index (χ3v) is 4.49. The first-order valence-corrected chi connectivity index (χ1v) is 9.25. The van der Waals surface area contributed by atoms with E-state index in [0.29, 0.717) is 23.2 Å². The summed E-state index contributed by atoms with van der Waals surface area (Å²) in [7, 11) is 0. The van der Waals surface area contributed by atoms with Gasteiger partial charge in [0.15, 0.2) is 0 Å². The van der Waals surface area contributed by atoms with E-state index in [1.807, 2.05) is 44.2 Å². The lowest BCUT2D eigenvalue weighted by molar-refractivity contribution is -0.129. The second kappa shape index (κ2) is 7.67. The van der Waals surface area contributed by atoms with Crippen LogP contribution in [0, 0.1) is 0 Å². The minimum atomic E-state index is -0.709. The molecule has 3 N–H and O–H groups in total. The van der Waals surface area contributed by atoms with Crippen molar-refractivity contribution in [3.05, 3.63) is 66.0 Å². The number of amides is 2. The van der Waals surface area contributed by atoms with Crippen LogP contribution in [0.1, 0.15) is 20.3 Å². The third-order valence-electron chi connectivity index (χ3n) is 4.49. The molecule has 0 aromatic heterocycles. The Bertz CT molecular complexity index is 995. The normalized spacial score (nSPS) is 17.7. The van der Waals surface area contributed by atoms with E-state index in [9.17, 15) is 9.59 Å². The largest absolute Gasteiger partial charge is 0.457 e. The van der Waals surface area contributed by atoms with E-state index >= 15 is 0 Å². The van der Waals surface area contributed by atoms with Crippen molar-refractivity contribution < 1.29 is 14.3 Å². The van der Waals surface area contributed by atoms with E-state index in [1.165, 1.54) is 0 Å². The molecule has 0 bridgehead atoms. The molecule has 0 radical (unpaired) electrons. The zero-order valence-corrected chi connectivity index (χ0v) is 16.1. The Morgan fingerprint density at radius 2 is 1.79 bits per heavy atom. The highest BCUT2D eigenvalue weighted by Crippen LogP contribution is 2.24. The Morgan fingerprint density at radius 1 is 1.10 bits per heavy atom. The highest BCUT2D eigenvalue weighted by Gasteiger charge is 2.39. The van der Waals surface area contributed by atoms with Gasteiger partial charge >= 0.3 is 0 Å². The van der Waals surface area contributed by atoms with Crippen LogP contribution in [0.3, 0.4) is 0 Å². The van der Waals surface area contributed by atoms with Crippen molar-refractivity contribution in [1.82, 2.24) is 15.8 Å². The fraction of sp³-hybridized carbons (Fsp3) is 0.190. The van der Waals surface area contributed by atoms with Crippen LogP contribution in [0.25, 0.3) is 0 Å². The minimum Gasteiger partial charge on any atom is -0.457 e. The van der Waals surface area contributed by atoms with E-state index in [2.05, 4.69) is 21.1 Å². The summed E-state index contributed by atoms with van der Waals surface area (Å²) in [6, 6.07) is 15.8. The van der Waals surface area contributed by atoms with Crippen molar-refractivity contribution in [3.63, 3.8) is 0 Å². The van der Waals surface area contributed by atoms with E-state index in [0.717, 1.165) is 11.3 Å². The molecule has 0 aliphatic carbocycles. The predicted octanol–water partition coefficient (Wildman–Crippen LogP) is 2.73. The number of ether oxygens (including phenoxy) is 1. The number of allylic oxidation sites excluding steroid dienone is 1. The molecule has 1 fully saturated rings. The molecule has 2 aromatic rings. The summed E-state index contributed by atoms with van der Waals surface area (Å²) in [6.07, 6.45) is 0.0309. The van der Waals surface area contributed by atoms with Crippen LogP contribution < -0.4 is 20.8 Å². The Labute approximate surface area is 168 Å². The Morgan fingerprint density at radius 3 is 2.48 bits per heavy atom. The lowest BCUT2D eigenvalue weighted by Crippen LogP contribution is -2.61. The predicted molar refractivity (Wildman–Crippen MR) is 109 cm³/mol. The minimum absolute atomic E-state index is 0.0309. The maximum atomic E-state index is 12.8. The number of hydrogen-bond donors (Lipinski definition) is 3. The van der Waals surface area contributed by atoms with Crippen molar-refractivity contribution >= 4 is 23.5 Å². The number of hydrogen-bond acceptors (Lipinski definition) is 6. The molecule has 148 valence electrons. The third kappa shape index (κ3) is 4.06. The second-order valence-corrected chi connectivity index (χ2v) is 6.96. The van der Waals surface area contributed by atoms with Gasteiger partial charge in [0.2, 0.25) is 17.8 Å². The SMILES string of the molecule is CC(C)=C1N=C2NC(=O)C[C@H](C(=O)Nc3ccc(Oc4ccccc4)cc3)N2N1. The summed E-state index contributed by atoms with van der Waals surface area (Å²) in [6.45, 7) is 3.81. The molecule has 2 aliphatic rings. The lowest BCUT2D eigenvalue weighted by atomic mass is 10.1. The molecule has 2 aliphatic heterocycles. The first kappa shape index (κ1) is 18.5. The fourth-order valence-electron chi connectivity index (χ4n) is 3.00. The average Bonchev–Trinajstić information content (AvgIpc) is 3.14. The smallest absolute Gasteiger partial charge is 0.249 e. The number of para-hydroxylation sites is 1. The molecular weight excluding hydrogens is 370 g/mol. The standard InChI is InChI=1S/C21H21N5O3/c1-13(2)19-24-21-23-18(27)12-17(26(21)25-19)20(28)22-14-8-10-16(11-9-14)29-15-6-4-3-5-7-15/h3-11,17,25H,12H2,1-2H3,(H,22,28)(H,23,24,27)/t17-/m1/s1. The van der Waals surface area contributed by atoms with E-state index in [1.54, 1.807) is 29.3 Å². The molecule has 2 amide bonds. The van der Waals surface area contributed by atoms with Gasteiger partial charge in [-0.3, -0.25) is 20.3 Å². The molecule has 0 spiro atoms. The quantitative estimate of drug-likeness (QED) is 0.745. The highest BCUT2D eigenvalue weighted by molar-refractivity contribution is 6.07. The summed E-state index contributed by atoms with van der Waals surface area (Å²) in [4.78, 5) is 29.2. The van der Waals surface area contributed by atoms with E-state index < -0.39 is 6.04 Å². The number of anilines is 1. The summed E-state index contributed by atoms with van der Waals surface area (Å²) < 4.78 is 5.76. The van der Waals surface area contributed by atoms with Crippen molar-refractivity contribution in [2.45, 2.75) is 26.3 Å². The van der Waals surface area contributed by atoms with E-state index in [-0.39, 0.29) is 18.2 Å². The Balaban J connectivity index is 1.44. The van der Waals surface area contributed by atoms with Crippen LogP contribution >= 0.6 is 0 Å². The molecule has 0 unspecified atom stereocenters. The Hall–Kier alpha value is -3.81. The number of guanidine groups is 1. The summed E-state index contributed by atoms with van der Waals surface area (Å²) in [5.74, 6) is 1.82. The molecule has 4 rings (SSSR count). The van der Waals surface area contributed by atoms with Gasteiger partial charge in [0, 0.05) is 5.69 Å². The molecule has 2 aromatic carbocycles. The lowest BCUT2D eigenvalue weighted by Gasteiger charge is -2.32. The van der Waals surface area contributed by atoms with Crippen LogP contribution in [-0.4, -0.2) is 28.8 Å². The van der Waals surface area contributed by atoms with Crippen LogP contribution in [0.15, 0.2) is 71.0 Å². The van der Waals surface area contributed by atoms with Crippen LogP contribution in [0.2, 0.25) is 0 Å². The number of nitrogens with one attached hydrogen (secondary N) is 3. The number of carbonyl (C=O) groups is 2. The number of rotatable bonds is 4. The van der Waals surface area contributed by atoms with Gasteiger partial charge in [0.25, 0.3) is 0 Å². The summed E-state index contributed by atoms with van der Waals surface area (Å²) in [5, 5.41) is 7.13. The number of aliphatic imine (C=N–C) groups is 1. The fourth-order valence-corrected chi connectivity index (χ4v) is 3.00. The monoisotopic (exact) mass is 391 g/mol. The van der Waals surface area contributed by atoms with Crippen LogP contribution in [0.4, 0.5) is 5.69 Å². The van der Waals surface area contributed by atoms with Crippen molar-refractivity contribution in [1.29, 1.82) is 0 Å². The van der Waals surface area contributed by atoms with E-state index in [4.69, 9.17) is 4.74 Å². The zero-order chi connectivity index (χ0) is 20.4. The number of fused-ring (bicyclic) bond motifs is 1. The molecule has 8 heteroatoms. The van der Waals surface area contributed by atoms with Gasteiger partial charge in [-0.1, -0.05) is 18.2 Å².